The fourth-order valence-corrected chi connectivity index (χ4v) is 1.60. The molecule has 16 heavy (non-hydrogen) atoms. The van der Waals surface area contributed by atoms with Crippen molar-refractivity contribution in [2.24, 2.45) is 0 Å². The predicted molar refractivity (Wildman–Crippen MR) is 55.8 cm³/mol. The second-order valence-electron chi connectivity index (χ2n) is 3.64. The summed E-state index contributed by atoms with van der Waals surface area (Å²) in [4.78, 5) is 0. The first-order valence-corrected chi connectivity index (χ1v) is 4.97. The van der Waals surface area contributed by atoms with Gasteiger partial charge in [-0.3, -0.25) is 0 Å². The molecule has 0 spiro atoms. The second-order valence-corrected chi connectivity index (χ2v) is 3.64. The molecule has 0 amide bonds. The summed E-state index contributed by atoms with van der Waals surface area (Å²) in [5, 5.41) is 19.1. The molecule has 0 fully saturated rings. The summed E-state index contributed by atoms with van der Waals surface area (Å²) in [5.74, 6) is 1.54. The molecule has 0 aliphatic carbocycles. The van der Waals surface area contributed by atoms with E-state index >= 15 is 0 Å². The van der Waals surface area contributed by atoms with Crippen molar-refractivity contribution in [2.45, 2.75) is 19.1 Å². The maximum atomic E-state index is 9.75. The van der Waals surface area contributed by atoms with Crippen molar-refractivity contribution < 1.29 is 24.4 Å². The fourth-order valence-electron chi connectivity index (χ4n) is 1.60. The Morgan fingerprint density at radius 2 is 2.06 bits per heavy atom. The van der Waals surface area contributed by atoms with E-state index < -0.39 is 12.2 Å². The van der Waals surface area contributed by atoms with Crippen molar-refractivity contribution >= 4 is 0 Å². The number of aliphatic hydroxyl groups is 2. The van der Waals surface area contributed by atoms with Crippen LogP contribution in [0.5, 0.6) is 17.2 Å². The van der Waals surface area contributed by atoms with Crippen LogP contribution in [-0.4, -0.2) is 30.2 Å². The van der Waals surface area contributed by atoms with Gasteiger partial charge in [0.15, 0.2) is 11.5 Å². The molecule has 1 aromatic carbocycles. The van der Waals surface area contributed by atoms with Crippen LogP contribution in [0, 0.1) is 0 Å². The summed E-state index contributed by atoms with van der Waals surface area (Å²) in [6, 6.07) is 3.27. The first-order chi connectivity index (χ1) is 7.63. The number of rotatable bonds is 3. The van der Waals surface area contributed by atoms with Crippen LogP contribution >= 0.6 is 0 Å². The number of methoxy groups -OCH3 is 1. The standard InChI is InChI=1S/C11H14O5/c1-6(12)10(13)7-3-8(14-2)11-9(4-7)15-5-16-11/h3-4,6,10,12-13H,5H2,1-2H3/t6-,10-/m0/s1. The maximum absolute atomic E-state index is 9.75. The van der Waals surface area contributed by atoms with E-state index in [4.69, 9.17) is 14.2 Å². The average molecular weight is 226 g/mol. The number of benzene rings is 1. The van der Waals surface area contributed by atoms with Crippen LogP contribution in [-0.2, 0) is 0 Å². The number of ether oxygens (including phenoxy) is 3. The first-order valence-electron chi connectivity index (χ1n) is 4.97. The van der Waals surface area contributed by atoms with E-state index in [1.54, 1.807) is 12.1 Å². The third kappa shape index (κ3) is 1.79. The van der Waals surface area contributed by atoms with Gasteiger partial charge in [-0.1, -0.05) is 0 Å². The van der Waals surface area contributed by atoms with Crippen LogP contribution in [0.25, 0.3) is 0 Å². The van der Waals surface area contributed by atoms with Gasteiger partial charge in [-0.25, -0.2) is 0 Å². The summed E-state index contributed by atoms with van der Waals surface area (Å²) in [5.41, 5.74) is 0.538. The molecule has 0 saturated carbocycles. The highest BCUT2D eigenvalue weighted by Gasteiger charge is 2.23. The molecule has 1 aliphatic rings. The van der Waals surface area contributed by atoms with Crippen LogP contribution in [0.15, 0.2) is 12.1 Å². The molecule has 5 nitrogen and oxygen atoms in total. The lowest BCUT2D eigenvalue weighted by molar-refractivity contribution is 0.0303. The van der Waals surface area contributed by atoms with Crippen LogP contribution in [0.4, 0.5) is 0 Å². The largest absolute Gasteiger partial charge is 0.493 e. The van der Waals surface area contributed by atoms with Crippen LogP contribution in [0.3, 0.4) is 0 Å². The van der Waals surface area contributed by atoms with Crippen molar-refractivity contribution in [1.82, 2.24) is 0 Å². The van der Waals surface area contributed by atoms with E-state index in [9.17, 15) is 10.2 Å². The first kappa shape index (κ1) is 11.0. The molecule has 88 valence electrons. The molecule has 0 saturated heterocycles. The molecule has 5 heteroatoms. The minimum absolute atomic E-state index is 0.139. The van der Waals surface area contributed by atoms with Gasteiger partial charge in [0.25, 0.3) is 0 Å². The Bertz CT molecular complexity index is 388. The monoisotopic (exact) mass is 226 g/mol. The highest BCUT2D eigenvalue weighted by Crippen LogP contribution is 2.43. The van der Waals surface area contributed by atoms with Gasteiger partial charge in [-0.05, 0) is 24.6 Å². The predicted octanol–water partition coefficient (Wildman–Crippen LogP) is 0.838. The Morgan fingerprint density at radius 3 is 2.69 bits per heavy atom. The third-order valence-corrected chi connectivity index (χ3v) is 2.48. The molecule has 2 N–H and O–H groups in total. The Hall–Kier alpha value is -1.46. The summed E-state index contributed by atoms with van der Waals surface area (Å²) >= 11 is 0. The Kier molecular flexibility index (Phi) is 2.89. The number of hydrogen-bond acceptors (Lipinski definition) is 5. The van der Waals surface area contributed by atoms with Crippen LogP contribution in [0.2, 0.25) is 0 Å². The van der Waals surface area contributed by atoms with Gasteiger partial charge in [0.05, 0.1) is 13.2 Å². The lowest BCUT2D eigenvalue weighted by Gasteiger charge is -2.15. The van der Waals surface area contributed by atoms with E-state index in [0.717, 1.165) is 0 Å². The Morgan fingerprint density at radius 1 is 1.31 bits per heavy atom. The summed E-state index contributed by atoms with van der Waals surface area (Å²) in [7, 11) is 1.51. The molecule has 2 rings (SSSR count). The molecule has 1 aromatic rings. The van der Waals surface area contributed by atoms with Gasteiger partial charge >= 0.3 is 0 Å². The molecule has 0 bridgehead atoms. The highest BCUT2D eigenvalue weighted by molar-refractivity contribution is 5.55. The van der Waals surface area contributed by atoms with Crippen molar-refractivity contribution in [1.29, 1.82) is 0 Å². The van der Waals surface area contributed by atoms with Gasteiger partial charge in [0.2, 0.25) is 12.5 Å². The van der Waals surface area contributed by atoms with Gasteiger partial charge < -0.3 is 24.4 Å². The maximum Gasteiger partial charge on any atom is 0.231 e. The quantitative estimate of drug-likeness (QED) is 0.799. The smallest absolute Gasteiger partial charge is 0.231 e. The van der Waals surface area contributed by atoms with Gasteiger partial charge in [-0.2, -0.15) is 0 Å². The Balaban J connectivity index is 2.41. The SMILES string of the molecule is COc1cc([C@@H](O)[C@H](C)O)cc2c1OCO2. The fraction of sp³-hybridized carbons (Fsp3) is 0.455. The van der Waals surface area contributed by atoms with E-state index in [2.05, 4.69) is 0 Å². The minimum atomic E-state index is -0.969. The minimum Gasteiger partial charge on any atom is -0.493 e. The molecule has 0 radical (unpaired) electrons. The molecular weight excluding hydrogens is 212 g/mol. The van der Waals surface area contributed by atoms with Crippen LogP contribution < -0.4 is 14.2 Å². The van der Waals surface area contributed by atoms with Gasteiger partial charge in [0, 0.05) is 0 Å². The van der Waals surface area contributed by atoms with E-state index in [1.807, 2.05) is 0 Å². The topological polar surface area (TPSA) is 68.2 Å². The average Bonchev–Trinajstić information content (AvgIpc) is 2.74. The highest BCUT2D eigenvalue weighted by atomic mass is 16.7. The summed E-state index contributed by atoms with van der Waals surface area (Å²) in [6.45, 7) is 1.65. The van der Waals surface area contributed by atoms with Gasteiger partial charge in [0.1, 0.15) is 6.10 Å². The lowest BCUT2D eigenvalue weighted by atomic mass is 10.0. The van der Waals surface area contributed by atoms with Crippen molar-refractivity contribution in [3.8, 4) is 17.2 Å². The summed E-state index contributed by atoms with van der Waals surface area (Å²) in [6.07, 6.45) is -1.83. The number of fused-ring (bicyclic) bond motifs is 1. The van der Waals surface area contributed by atoms with E-state index in [0.29, 0.717) is 22.8 Å². The van der Waals surface area contributed by atoms with Crippen molar-refractivity contribution in [2.75, 3.05) is 13.9 Å². The van der Waals surface area contributed by atoms with E-state index in [1.165, 1.54) is 14.0 Å². The van der Waals surface area contributed by atoms with E-state index in [-0.39, 0.29) is 6.79 Å². The van der Waals surface area contributed by atoms with Gasteiger partial charge in [-0.15, -0.1) is 0 Å². The Labute approximate surface area is 93.2 Å². The molecule has 2 atom stereocenters. The number of aliphatic hydroxyl groups excluding tert-OH is 2. The number of hydrogen-bond donors (Lipinski definition) is 2. The van der Waals surface area contributed by atoms with Crippen LogP contribution in [0.1, 0.15) is 18.6 Å². The van der Waals surface area contributed by atoms with Crippen molar-refractivity contribution in [3.05, 3.63) is 17.7 Å². The summed E-state index contributed by atoms with van der Waals surface area (Å²) < 4.78 is 15.6. The van der Waals surface area contributed by atoms with Crippen molar-refractivity contribution in [3.63, 3.8) is 0 Å². The zero-order valence-electron chi connectivity index (χ0n) is 9.14. The normalized spacial score (nSPS) is 17.0. The zero-order chi connectivity index (χ0) is 11.7. The molecule has 1 heterocycles. The third-order valence-electron chi connectivity index (χ3n) is 2.48. The molecule has 0 unspecified atom stereocenters. The molecule has 0 aromatic heterocycles. The molecule has 1 aliphatic heterocycles. The zero-order valence-corrected chi connectivity index (χ0v) is 9.14. The lowest BCUT2D eigenvalue weighted by Crippen LogP contribution is -2.13. The molecular formula is C11H14O5. The second kappa shape index (κ2) is 4.19.